The smallest absolute Gasteiger partial charge is 0.503 e. The fourth-order valence-electron chi connectivity index (χ4n) is 8.00. The third-order valence-electron chi connectivity index (χ3n) is 10.6. The first-order chi connectivity index (χ1) is 26.9. The van der Waals surface area contributed by atoms with E-state index in [4.69, 9.17) is 14.8 Å². The molecule has 57 heavy (non-hydrogen) atoms. The monoisotopic (exact) mass is 959 g/mol. The number of pyridine rings is 1. The molecule has 0 bridgehead atoms. The summed E-state index contributed by atoms with van der Waals surface area (Å²) in [5.41, 5.74) is 7.40. The number of thiophene rings is 2. The third kappa shape index (κ3) is 6.64. The van der Waals surface area contributed by atoms with E-state index in [1.54, 1.807) is 11.3 Å². The van der Waals surface area contributed by atoms with Crippen molar-refractivity contribution in [1.29, 1.82) is 0 Å². The molecule has 8 heteroatoms. The molecule has 0 radical (unpaired) electrons. The summed E-state index contributed by atoms with van der Waals surface area (Å²) >= 11 is 3.65. The van der Waals surface area contributed by atoms with E-state index in [9.17, 15) is 0 Å². The summed E-state index contributed by atoms with van der Waals surface area (Å²) in [6.45, 7) is 15.6. The fourth-order valence-corrected chi connectivity index (χ4v) is 10.5. The number of hydrogen-bond donors (Lipinski definition) is 0. The molecule has 284 valence electrons. The Morgan fingerprint density at radius 1 is 0.684 bits per heavy atom. The van der Waals surface area contributed by atoms with Crippen LogP contribution in [-0.4, -0.2) is 19.7 Å². The Labute approximate surface area is 354 Å². The summed E-state index contributed by atoms with van der Waals surface area (Å²) < 4.78 is 13.7. The van der Waals surface area contributed by atoms with Gasteiger partial charge in [-0.2, -0.15) is 16.3 Å². The van der Waals surface area contributed by atoms with Crippen molar-refractivity contribution in [1.82, 2.24) is 19.7 Å². The zero-order valence-electron chi connectivity index (χ0n) is 32.9. The second-order valence-corrected chi connectivity index (χ2v) is 19.2. The molecule has 5 heterocycles. The van der Waals surface area contributed by atoms with Crippen molar-refractivity contribution < 1.29 is 25.8 Å². The first-order valence-electron chi connectivity index (χ1n) is 19.1. The molecule has 5 aromatic carbocycles. The summed E-state index contributed by atoms with van der Waals surface area (Å²) in [7, 11) is 0. The van der Waals surface area contributed by atoms with Gasteiger partial charge in [-0.05, 0) is 77.1 Å². The first-order valence-corrected chi connectivity index (χ1v) is 20.7. The Bertz CT molecular complexity index is 3200. The first kappa shape index (κ1) is 37.6. The van der Waals surface area contributed by atoms with Crippen LogP contribution in [0.4, 0.5) is 0 Å². The summed E-state index contributed by atoms with van der Waals surface area (Å²) in [4.78, 5) is 4.83. The molecule has 0 amide bonds. The molecule has 10 rings (SSSR count). The van der Waals surface area contributed by atoms with Crippen LogP contribution in [0.1, 0.15) is 58.4 Å². The second kappa shape index (κ2) is 13.9. The quantitative estimate of drug-likeness (QED) is 0.161. The average Bonchev–Trinajstić information content (AvgIpc) is 3.82. The number of rotatable bonds is 5. The molecule has 0 spiro atoms. The van der Waals surface area contributed by atoms with Gasteiger partial charge in [-0.15, -0.1) is 64.0 Å². The van der Waals surface area contributed by atoms with Gasteiger partial charge in [0.15, 0.2) is 0 Å². The van der Waals surface area contributed by atoms with Crippen LogP contribution in [-0.2, 0) is 32.9 Å². The van der Waals surface area contributed by atoms with Crippen LogP contribution in [0.2, 0.25) is 0 Å². The molecule has 0 aliphatic carbocycles. The Kier molecular flexibility index (Phi) is 9.15. The van der Waals surface area contributed by atoms with Crippen molar-refractivity contribution in [3.63, 3.8) is 0 Å². The predicted octanol–water partition coefficient (Wildman–Crippen LogP) is 14.0. The molecule has 0 unspecified atom stereocenters. The van der Waals surface area contributed by atoms with Gasteiger partial charge in [-0.1, -0.05) is 83.5 Å². The van der Waals surface area contributed by atoms with Gasteiger partial charge in [0, 0.05) is 69.3 Å². The van der Waals surface area contributed by atoms with Crippen LogP contribution in [0, 0.1) is 24.5 Å². The van der Waals surface area contributed by atoms with Gasteiger partial charge < -0.3 is 9.30 Å². The van der Waals surface area contributed by atoms with Gasteiger partial charge in [0.1, 0.15) is 5.82 Å². The van der Waals surface area contributed by atoms with E-state index in [0.29, 0.717) is 11.5 Å². The number of hydrogen-bond acceptors (Lipinski definition) is 6. The number of nitrogens with zero attached hydrogens (tertiary/aromatic N) is 4. The van der Waals surface area contributed by atoms with E-state index >= 15 is 0 Å². The van der Waals surface area contributed by atoms with Crippen LogP contribution in [0.15, 0.2) is 103 Å². The number of aryl methyl sites for hydroxylation is 1. The number of fused-ring (bicyclic) bond motifs is 9. The van der Waals surface area contributed by atoms with E-state index < -0.39 is 0 Å². The summed E-state index contributed by atoms with van der Waals surface area (Å²) in [5, 5.41) is 16.7. The van der Waals surface area contributed by atoms with Crippen molar-refractivity contribution >= 4 is 84.8 Å². The largest absolute Gasteiger partial charge is 2.00 e. The van der Waals surface area contributed by atoms with Gasteiger partial charge >= 0.3 is 21.1 Å². The topological polar surface area (TPSA) is 52.8 Å². The summed E-state index contributed by atoms with van der Waals surface area (Å²) in [5.74, 6) is 2.04. The zero-order chi connectivity index (χ0) is 38.5. The summed E-state index contributed by atoms with van der Waals surface area (Å²) in [6, 6.07) is 41.6. The van der Waals surface area contributed by atoms with Crippen molar-refractivity contribution in [2.45, 2.75) is 60.3 Å². The molecular weight excluding hydrogens is 920 g/mol. The van der Waals surface area contributed by atoms with Gasteiger partial charge in [-0.3, -0.25) is 0 Å². The molecular formula is C49H40N4OPtS2. The number of para-hydroxylation sites is 1. The van der Waals surface area contributed by atoms with Crippen LogP contribution in [0.25, 0.3) is 79.2 Å². The maximum atomic E-state index is 6.54. The predicted molar refractivity (Wildman–Crippen MR) is 236 cm³/mol. The standard InChI is InChI=1S/C49H40N4OS2.Pt/c1-28-45-38-26-42-37(36-17-15-29(21-41(36)55-42)27-48(2,3)4)25-43(38)56-47(45)46(52-51-28)30-11-10-12-32(22-30)54-33-16-18-35-34-13-8-9-14-39(34)53(40(35)24-33)44-23-31(19-20-50-44)49(5,6)7;/h8-21,23,25-26H,27H2,1-7H3;/q-2;+2. The average molecular weight is 960 g/mol. The van der Waals surface area contributed by atoms with Gasteiger partial charge in [0.05, 0.1) is 5.69 Å². The Balaban J connectivity index is 0.00000422. The number of ether oxygens (including phenoxy) is 1. The second-order valence-electron chi connectivity index (χ2n) is 17.1. The van der Waals surface area contributed by atoms with Gasteiger partial charge in [0.25, 0.3) is 0 Å². The maximum absolute atomic E-state index is 6.54. The minimum Gasteiger partial charge on any atom is -0.503 e. The summed E-state index contributed by atoms with van der Waals surface area (Å²) in [6.07, 6.45) is 2.96. The SMILES string of the molecule is Cc1nnc(-c2[c-]c(Oc3[c-]c4c(cc3)c3ccccc3n4-c3cc(C(C)(C)C)ccn3)ccc2)c2sc3cc4c(cc3c12)sc1cc(CC(C)(C)C)ccc14.[Pt+2]. The van der Waals surface area contributed by atoms with E-state index in [1.807, 2.05) is 41.8 Å². The minimum atomic E-state index is -0.0134. The third-order valence-corrected chi connectivity index (χ3v) is 12.9. The molecule has 10 aromatic rings. The van der Waals surface area contributed by atoms with Crippen LogP contribution in [0.5, 0.6) is 11.5 Å². The van der Waals surface area contributed by atoms with E-state index in [-0.39, 0.29) is 31.9 Å². The van der Waals surface area contributed by atoms with E-state index in [0.717, 1.165) is 61.1 Å². The Hall–Kier alpha value is -4.94. The molecule has 0 saturated carbocycles. The van der Waals surface area contributed by atoms with Crippen molar-refractivity contribution in [3.8, 4) is 28.6 Å². The molecule has 0 fully saturated rings. The molecule has 0 atom stereocenters. The van der Waals surface area contributed by atoms with Crippen LogP contribution in [0.3, 0.4) is 0 Å². The van der Waals surface area contributed by atoms with E-state index in [1.165, 1.54) is 41.4 Å². The van der Waals surface area contributed by atoms with Crippen molar-refractivity contribution in [3.05, 3.63) is 132 Å². The Morgan fingerprint density at radius 2 is 1.44 bits per heavy atom. The van der Waals surface area contributed by atoms with Crippen molar-refractivity contribution in [2.24, 2.45) is 5.41 Å². The van der Waals surface area contributed by atoms with Crippen LogP contribution < -0.4 is 4.74 Å². The number of aromatic nitrogens is 4. The van der Waals surface area contributed by atoms with Gasteiger partial charge in [-0.25, -0.2) is 4.98 Å². The minimum absolute atomic E-state index is 0. The van der Waals surface area contributed by atoms with Crippen LogP contribution >= 0.6 is 22.7 Å². The molecule has 0 aliphatic rings. The van der Waals surface area contributed by atoms with E-state index in [2.05, 4.69) is 143 Å². The molecule has 5 nitrogen and oxygen atoms in total. The molecule has 0 N–H and O–H groups in total. The van der Waals surface area contributed by atoms with Crippen molar-refractivity contribution in [2.75, 3.05) is 0 Å². The molecule has 0 aliphatic heterocycles. The normalized spacial score (nSPS) is 12.4. The zero-order valence-corrected chi connectivity index (χ0v) is 36.8. The molecule has 0 saturated heterocycles. The number of benzene rings is 5. The van der Waals surface area contributed by atoms with Gasteiger partial charge in [0.2, 0.25) is 0 Å². The Morgan fingerprint density at radius 3 is 2.26 bits per heavy atom. The fraction of sp³-hybridized carbons (Fsp3) is 0.204. The maximum Gasteiger partial charge on any atom is 2.00 e. The molecule has 5 aromatic heterocycles.